The van der Waals surface area contributed by atoms with E-state index in [2.05, 4.69) is 20.4 Å². The van der Waals surface area contributed by atoms with Crippen molar-refractivity contribution in [1.29, 1.82) is 0 Å². The summed E-state index contributed by atoms with van der Waals surface area (Å²) in [5.41, 5.74) is 3.25. The van der Waals surface area contributed by atoms with Gasteiger partial charge in [0.25, 0.3) is 5.91 Å². The summed E-state index contributed by atoms with van der Waals surface area (Å²) in [6.45, 7) is 2.87. The first kappa shape index (κ1) is 19.9. The standard InChI is InChI=1S/C22H21N5O2S/c1-15-19(22(30-2)26-20(25-15)18-9-5-12-29-18)21(28)23-13-16-7-3-4-8-17(16)14-27-11-6-10-24-27/h3-12H,13-14H2,1-2H3,(H,23,28). The van der Waals surface area contributed by atoms with Crippen LogP contribution in [0, 0.1) is 6.92 Å². The van der Waals surface area contributed by atoms with Crippen LogP contribution < -0.4 is 5.32 Å². The number of aromatic nitrogens is 4. The average molecular weight is 420 g/mol. The molecule has 1 aromatic carbocycles. The number of nitrogens with one attached hydrogen (secondary N) is 1. The van der Waals surface area contributed by atoms with E-state index in [0.717, 1.165) is 11.1 Å². The first-order chi connectivity index (χ1) is 14.7. The lowest BCUT2D eigenvalue weighted by atomic mass is 10.1. The van der Waals surface area contributed by atoms with Crippen LogP contribution in [0.1, 0.15) is 27.2 Å². The number of furan rings is 1. The first-order valence-corrected chi connectivity index (χ1v) is 10.7. The minimum absolute atomic E-state index is 0.197. The Morgan fingerprint density at radius 3 is 2.67 bits per heavy atom. The van der Waals surface area contributed by atoms with Gasteiger partial charge in [0.05, 0.1) is 24.1 Å². The minimum atomic E-state index is -0.197. The second-order valence-electron chi connectivity index (χ2n) is 6.65. The predicted molar refractivity (Wildman–Crippen MR) is 115 cm³/mol. The van der Waals surface area contributed by atoms with Crippen LogP contribution in [0.5, 0.6) is 0 Å². The van der Waals surface area contributed by atoms with Crippen LogP contribution in [0.4, 0.5) is 0 Å². The number of amides is 1. The highest BCUT2D eigenvalue weighted by Gasteiger charge is 2.20. The van der Waals surface area contributed by atoms with Crippen LogP contribution in [-0.2, 0) is 13.1 Å². The normalized spacial score (nSPS) is 10.9. The molecule has 1 amide bonds. The smallest absolute Gasteiger partial charge is 0.256 e. The minimum Gasteiger partial charge on any atom is -0.461 e. The van der Waals surface area contributed by atoms with Crippen LogP contribution in [0.15, 0.2) is 70.6 Å². The molecule has 0 saturated carbocycles. The van der Waals surface area contributed by atoms with E-state index in [1.54, 1.807) is 24.6 Å². The van der Waals surface area contributed by atoms with Crippen LogP contribution in [0.3, 0.4) is 0 Å². The van der Waals surface area contributed by atoms with Crippen molar-refractivity contribution in [2.75, 3.05) is 6.26 Å². The quantitative estimate of drug-likeness (QED) is 0.361. The van der Waals surface area contributed by atoms with Crippen LogP contribution in [0.25, 0.3) is 11.6 Å². The van der Waals surface area contributed by atoms with E-state index >= 15 is 0 Å². The molecule has 3 heterocycles. The molecule has 0 spiro atoms. The van der Waals surface area contributed by atoms with Crippen LogP contribution >= 0.6 is 11.8 Å². The lowest BCUT2D eigenvalue weighted by Crippen LogP contribution is -2.26. The maximum atomic E-state index is 13.0. The summed E-state index contributed by atoms with van der Waals surface area (Å²) in [5, 5.41) is 7.90. The summed E-state index contributed by atoms with van der Waals surface area (Å²) in [6, 6.07) is 13.5. The van der Waals surface area contributed by atoms with Gasteiger partial charge in [-0.15, -0.1) is 11.8 Å². The summed E-state index contributed by atoms with van der Waals surface area (Å²) >= 11 is 1.41. The SMILES string of the molecule is CSc1nc(-c2ccco2)nc(C)c1C(=O)NCc1ccccc1Cn1cccn1. The molecule has 3 aromatic heterocycles. The largest absolute Gasteiger partial charge is 0.461 e. The lowest BCUT2D eigenvalue weighted by Gasteiger charge is -2.13. The fourth-order valence-electron chi connectivity index (χ4n) is 3.19. The summed E-state index contributed by atoms with van der Waals surface area (Å²) in [7, 11) is 0. The number of aryl methyl sites for hydroxylation is 1. The third kappa shape index (κ3) is 4.28. The van der Waals surface area contributed by atoms with Crippen molar-refractivity contribution in [1.82, 2.24) is 25.1 Å². The Bertz CT molecular complexity index is 1140. The summed E-state index contributed by atoms with van der Waals surface area (Å²) < 4.78 is 7.25. The zero-order chi connectivity index (χ0) is 20.9. The average Bonchev–Trinajstić information content (AvgIpc) is 3.46. The molecule has 0 bridgehead atoms. The fraction of sp³-hybridized carbons (Fsp3) is 0.182. The van der Waals surface area contributed by atoms with Gasteiger partial charge < -0.3 is 9.73 Å². The van der Waals surface area contributed by atoms with E-state index < -0.39 is 0 Å². The second-order valence-corrected chi connectivity index (χ2v) is 7.44. The Labute approximate surface area is 178 Å². The van der Waals surface area contributed by atoms with E-state index in [1.165, 1.54) is 11.8 Å². The maximum absolute atomic E-state index is 13.0. The second kappa shape index (κ2) is 8.96. The van der Waals surface area contributed by atoms with Gasteiger partial charge in [-0.1, -0.05) is 24.3 Å². The predicted octanol–water partition coefficient (Wildman–Crippen LogP) is 3.94. The number of carbonyl (C=O) groups excluding carboxylic acids is 1. The number of carbonyl (C=O) groups is 1. The molecular formula is C22H21N5O2S. The molecule has 0 fully saturated rings. The van der Waals surface area contributed by atoms with Gasteiger partial charge in [0.15, 0.2) is 11.6 Å². The van der Waals surface area contributed by atoms with E-state index in [9.17, 15) is 4.79 Å². The molecule has 4 aromatic rings. The van der Waals surface area contributed by atoms with Gasteiger partial charge in [0, 0.05) is 18.9 Å². The van der Waals surface area contributed by atoms with Crippen molar-refractivity contribution in [2.45, 2.75) is 25.0 Å². The molecular weight excluding hydrogens is 398 g/mol. The molecule has 0 aliphatic carbocycles. The van der Waals surface area contributed by atoms with E-state index in [-0.39, 0.29) is 5.91 Å². The van der Waals surface area contributed by atoms with E-state index in [0.29, 0.717) is 41.0 Å². The Balaban J connectivity index is 1.54. The molecule has 0 aliphatic heterocycles. The molecule has 0 unspecified atom stereocenters. The third-order valence-electron chi connectivity index (χ3n) is 4.67. The number of thioether (sulfide) groups is 1. The van der Waals surface area contributed by atoms with Crippen molar-refractivity contribution in [3.8, 4) is 11.6 Å². The zero-order valence-electron chi connectivity index (χ0n) is 16.7. The molecule has 1 N–H and O–H groups in total. The molecule has 7 nitrogen and oxygen atoms in total. The van der Waals surface area contributed by atoms with Gasteiger partial charge in [-0.2, -0.15) is 5.10 Å². The molecule has 0 radical (unpaired) electrons. The molecule has 4 rings (SSSR count). The molecule has 0 atom stereocenters. The molecule has 8 heteroatoms. The van der Waals surface area contributed by atoms with Crippen molar-refractivity contribution >= 4 is 17.7 Å². The number of benzene rings is 1. The highest BCUT2D eigenvalue weighted by atomic mass is 32.2. The monoisotopic (exact) mass is 419 g/mol. The van der Waals surface area contributed by atoms with Gasteiger partial charge in [0.1, 0.15) is 5.03 Å². The van der Waals surface area contributed by atoms with Crippen LogP contribution in [0.2, 0.25) is 0 Å². The van der Waals surface area contributed by atoms with Gasteiger partial charge in [0.2, 0.25) is 0 Å². The number of rotatable bonds is 7. The first-order valence-electron chi connectivity index (χ1n) is 9.44. The molecule has 0 saturated heterocycles. The van der Waals surface area contributed by atoms with E-state index in [4.69, 9.17) is 4.42 Å². The Morgan fingerprint density at radius 2 is 1.97 bits per heavy atom. The zero-order valence-corrected chi connectivity index (χ0v) is 17.5. The highest BCUT2D eigenvalue weighted by Crippen LogP contribution is 2.25. The Hall–Kier alpha value is -3.39. The van der Waals surface area contributed by atoms with Gasteiger partial charge in [-0.25, -0.2) is 9.97 Å². The van der Waals surface area contributed by atoms with Crippen molar-refractivity contribution < 1.29 is 9.21 Å². The van der Waals surface area contributed by atoms with Crippen molar-refractivity contribution in [3.05, 3.63) is 83.5 Å². The number of nitrogens with zero attached hydrogens (tertiary/aromatic N) is 4. The number of hydrogen-bond donors (Lipinski definition) is 1. The molecule has 30 heavy (non-hydrogen) atoms. The van der Waals surface area contributed by atoms with Gasteiger partial charge >= 0.3 is 0 Å². The molecule has 0 aliphatic rings. The summed E-state index contributed by atoms with van der Waals surface area (Å²) in [4.78, 5) is 22.0. The summed E-state index contributed by atoms with van der Waals surface area (Å²) in [6.07, 6.45) is 7.14. The number of hydrogen-bond acceptors (Lipinski definition) is 6. The van der Waals surface area contributed by atoms with Crippen molar-refractivity contribution in [3.63, 3.8) is 0 Å². The van der Waals surface area contributed by atoms with Gasteiger partial charge in [-0.05, 0) is 42.5 Å². The third-order valence-corrected chi connectivity index (χ3v) is 5.35. The van der Waals surface area contributed by atoms with Crippen LogP contribution in [-0.4, -0.2) is 31.9 Å². The van der Waals surface area contributed by atoms with E-state index in [1.807, 2.05) is 54.4 Å². The maximum Gasteiger partial charge on any atom is 0.256 e. The Kier molecular flexibility index (Phi) is 5.94. The topological polar surface area (TPSA) is 85.8 Å². The highest BCUT2D eigenvalue weighted by molar-refractivity contribution is 7.98. The lowest BCUT2D eigenvalue weighted by molar-refractivity contribution is 0.0946. The van der Waals surface area contributed by atoms with Crippen molar-refractivity contribution in [2.24, 2.45) is 0 Å². The summed E-state index contributed by atoms with van der Waals surface area (Å²) in [5.74, 6) is 0.854. The Morgan fingerprint density at radius 1 is 1.13 bits per heavy atom. The van der Waals surface area contributed by atoms with Gasteiger partial charge in [-0.3, -0.25) is 9.48 Å². The fourth-order valence-corrected chi connectivity index (χ4v) is 3.81. The molecule has 152 valence electrons.